The fraction of sp³-hybridized carbons (Fsp3) is 0.529. The van der Waals surface area contributed by atoms with Crippen LogP contribution in [-0.2, 0) is 9.53 Å². The van der Waals surface area contributed by atoms with E-state index in [4.69, 9.17) is 9.72 Å². The summed E-state index contributed by atoms with van der Waals surface area (Å²) in [5.41, 5.74) is 0.900. The van der Waals surface area contributed by atoms with Crippen molar-refractivity contribution < 1.29 is 9.53 Å². The zero-order chi connectivity index (χ0) is 15.9. The van der Waals surface area contributed by atoms with E-state index in [1.54, 1.807) is 11.3 Å². The molecule has 0 saturated carbocycles. The van der Waals surface area contributed by atoms with Gasteiger partial charge in [-0.15, -0.1) is 0 Å². The third-order valence-corrected chi connectivity index (χ3v) is 6.00. The highest BCUT2D eigenvalue weighted by Crippen LogP contribution is 2.35. The van der Waals surface area contributed by atoms with E-state index >= 15 is 0 Å². The van der Waals surface area contributed by atoms with E-state index < -0.39 is 0 Å². The molecule has 0 radical (unpaired) electrons. The third-order valence-electron chi connectivity index (χ3n) is 4.90. The molecule has 2 fully saturated rings. The van der Waals surface area contributed by atoms with Gasteiger partial charge in [-0.2, -0.15) is 0 Å². The number of anilines is 1. The number of rotatable bonds is 1. The molecule has 5 nitrogen and oxygen atoms in total. The van der Waals surface area contributed by atoms with Gasteiger partial charge in [0.1, 0.15) is 0 Å². The molecule has 4 rings (SSSR count). The number of likely N-dealkylation sites (N-methyl/N-ethyl adjacent to an activating group) is 1. The van der Waals surface area contributed by atoms with Crippen molar-refractivity contribution in [3.8, 4) is 0 Å². The first kappa shape index (κ1) is 14.9. The van der Waals surface area contributed by atoms with E-state index in [0.29, 0.717) is 19.6 Å². The molecule has 0 N–H and O–H groups in total. The Bertz CT molecular complexity index is 688. The third kappa shape index (κ3) is 2.81. The molecular formula is C17H21N3O2S. The molecule has 2 aromatic rings. The molecule has 0 unspecified atom stereocenters. The second kappa shape index (κ2) is 5.76. The van der Waals surface area contributed by atoms with Gasteiger partial charge in [0.05, 0.1) is 28.8 Å². The minimum atomic E-state index is -0.173. The Hall–Kier alpha value is -1.66. The molecule has 2 saturated heterocycles. The van der Waals surface area contributed by atoms with E-state index in [-0.39, 0.29) is 11.5 Å². The summed E-state index contributed by atoms with van der Waals surface area (Å²) in [6.07, 6.45) is 2.39. The molecular weight excluding hydrogens is 310 g/mol. The van der Waals surface area contributed by atoms with Gasteiger partial charge < -0.3 is 14.5 Å². The number of piperidine rings is 1. The van der Waals surface area contributed by atoms with Gasteiger partial charge in [-0.3, -0.25) is 4.79 Å². The van der Waals surface area contributed by atoms with Crippen LogP contribution in [0.4, 0.5) is 5.13 Å². The van der Waals surface area contributed by atoms with Crippen molar-refractivity contribution in [1.82, 2.24) is 9.88 Å². The molecule has 3 heterocycles. The van der Waals surface area contributed by atoms with Gasteiger partial charge in [0, 0.05) is 26.7 Å². The number of fused-ring (bicyclic) bond motifs is 1. The number of aromatic nitrogens is 1. The first-order valence-corrected chi connectivity index (χ1v) is 8.95. The first-order valence-electron chi connectivity index (χ1n) is 8.14. The second-order valence-electron chi connectivity index (χ2n) is 6.48. The number of carbonyl (C=O) groups excluding carboxylic acids is 1. The number of hydrogen-bond acceptors (Lipinski definition) is 5. The quantitative estimate of drug-likeness (QED) is 0.805. The lowest BCUT2D eigenvalue weighted by molar-refractivity contribution is -0.129. The topological polar surface area (TPSA) is 45.7 Å². The number of benzene rings is 1. The van der Waals surface area contributed by atoms with Crippen LogP contribution in [0.15, 0.2) is 24.3 Å². The van der Waals surface area contributed by atoms with Crippen LogP contribution in [0.25, 0.3) is 10.2 Å². The summed E-state index contributed by atoms with van der Waals surface area (Å²) in [7, 11) is 1.89. The van der Waals surface area contributed by atoms with Crippen molar-refractivity contribution in [1.29, 1.82) is 0 Å². The summed E-state index contributed by atoms with van der Waals surface area (Å²) in [5, 5.41) is 1.10. The molecule has 2 aliphatic rings. The van der Waals surface area contributed by atoms with Gasteiger partial charge >= 0.3 is 0 Å². The van der Waals surface area contributed by atoms with Crippen molar-refractivity contribution in [3.63, 3.8) is 0 Å². The molecule has 0 atom stereocenters. The van der Waals surface area contributed by atoms with E-state index in [9.17, 15) is 4.79 Å². The molecule has 0 bridgehead atoms. The SMILES string of the molecule is CN1CC2(CCN(c3nc4ccccc4s3)CC2)OCCC1=O. The van der Waals surface area contributed by atoms with Gasteiger partial charge in [-0.25, -0.2) is 4.98 Å². The van der Waals surface area contributed by atoms with Crippen LogP contribution in [-0.4, -0.2) is 54.7 Å². The van der Waals surface area contributed by atoms with Crippen molar-refractivity contribution in [2.75, 3.05) is 38.2 Å². The Labute approximate surface area is 139 Å². The van der Waals surface area contributed by atoms with E-state index in [0.717, 1.165) is 36.6 Å². The van der Waals surface area contributed by atoms with Crippen molar-refractivity contribution >= 4 is 32.6 Å². The highest BCUT2D eigenvalue weighted by molar-refractivity contribution is 7.22. The lowest BCUT2D eigenvalue weighted by atomic mass is 9.91. The average Bonchev–Trinajstić information content (AvgIpc) is 2.93. The van der Waals surface area contributed by atoms with Crippen LogP contribution in [0.3, 0.4) is 0 Å². The Morgan fingerprint density at radius 2 is 2.04 bits per heavy atom. The van der Waals surface area contributed by atoms with Crippen LogP contribution in [0.5, 0.6) is 0 Å². The minimum absolute atomic E-state index is 0.173. The molecule has 1 amide bonds. The van der Waals surface area contributed by atoms with Crippen LogP contribution in [0.2, 0.25) is 0 Å². The highest BCUT2D eigenvalue weighted by atomic mass is 32.1. The zero-order valence-electron chi connectivity index (χ0n) is 13.3. The monoisotopic (exact) mass is 331 g/mol. The maximum Gasteiger partial charge on any atom is 0.224 e. The Morgan fingerprint density at radius 3 is 2.83 bits per heavy atom. The number of para-hydroxylation sites is 1. The number of amides is 1. The van der Waals surface area contributed by atoms with Crippen LogP contribution in [0, 0.1) is 0 Å². The smallest absolute Gasteiger partial charge is 0.224 e. The van der Waals surface area contributed by atoms with Crippen LogP contribution >= 0.6 is 11.3 Å². The highest BCUT2D eigenvalue weighted by Gasteiger charge is 2.39. The summed E-state index contributed by atoms with van der Waals surface area (Å²) in [5.74, 6) is 0.190. The molecule has 1 spiro atoms. The summed E-state index contributed by atoms with van der Waals surface area (Å²) in [6.45, 7) is 3.12. The zero-order valence-corrected chi connectivity index (χ0v) is 14.1. The predicted molar refractivity (Wildman–Crippen MR) is 92.0 cm³/mol. The molecule has 1 aromatic heterocycles. The average molecular weight is 331 g/mol. The second-order valence-corrected chi connectivity index (χ2v) is 7.49. The van der Waals surface area contributed by atoms with E-state index in [1.165, 1.54) is 4.70 Å². The normalized spacial score (nSPS) is 21.9. The number of ether oxygens (including phenoxy) is 1. The molecule has 6 heteroatoms. The number of carbonyl (C=O) groups is 1. The lowest BCUT2D eigenvalue weighted by Gasteiger charge is -2.42. The van der Waals surface area contributed by atoms with Gasteiger partial charge in [-0.05, 0) is 25.0 Å². The molecule has 1 aromatic carbocycles. The van der Waals surface area contributed by atoms with Crippen LogP contribution in [0.1, 0.15) is 19.3 Å². The number of hydrogen-bond donors (Lipinski definition) is 0. The Balaban J connectivity index is 1.49. The summed E-state index contributed by atoms with van der Waals surface area (Å²) in [6, 6.07) is 8.28. The van der Waals surface area contributed by atoms with Gasteiger partial charge in [-0.1, -0.05) is 23.5 Å². The first-order chi connectivity index (χ1) is 11.2. The molecule has 0 aliphatic carbocycles. The van der Waals surface area contributed by atoms with Gasteiger partial charge in [0.25, 0.3) is 0 Å². The summed E-state index contributed by atoms with van der Waals surface area (Å²) >= 11 is 1.75. The van der Waals surface area contributed by atoms with Gasteiger partial charge in [0.15, 0.2) is 5.13 Å². The van der Waals surface area contributed by atoms with E-state index in [2.05, 4.69) is 23.1 Å². The predicted octanol–water partition coefficient (Wildman–Crippen LogP) is 2.51. The Kier molecular flexibility index (Phi) is 3.73. The van der Waals surface area contributed by atoms with Gasteiger partial charge in [0.2, 0.25) is 5.91 Å². The summed E-state index contributed by atoms with van der Waals surface area (Å²) < 4.78 is 7.34. The van der Waals surface area contributed by atoms with Crippen molar-refractivity contribution in [3.05, 3.63) is 24.3 Å². The van der Waals surface area contributed by atoms with E-state index in [1.807, 2.05) is 18.0 Å². The maximum absolute atomic E-state index is 11.9. The van der Waals surface area contributed by atoms with Crippen molar-refractivity contribution in [2.24, 2.45) is 0 Å². The van der Waals surface area contributed by atoms with Crippen LogP contribution < -0.4 is 4.90 Å². The summed E-state index contributed by atoms with van der Waals surface area (Å²) in [4.78, 5) is 20.8. The van der Waals surface area contributed by atoms with Crippen molar-refractivity contribution in [2.45, 2.75) is 24.9 Å². The minimum Gasteiger partial charge on any atom is -0.372 e. The standard InChI is InChI=1S/C17H21N3O2S/c1-19-12-17(22-11-6-15(19)21)7-9-20(10-8-17)16-18-13-4-2-3-5-14(13)23-16/h2-5H,6-12H2,1H3. The number of thiazole rings is 1. The maximum atomic E-state index is 11.9. The molecule has 2 aliphatic heterocycles. The molecule has 23 heavy (non-hydrogen) atoms. The largest absolute Gasteiger partial charge is 0.372 e. The fourth-order valence-electron chi connectivity index (χ4n) is 3.52. The number of nitrogens with zero attached hydrogens (tertiary/aromatic N) is 3. The fourth-order valence-corrected chi connectivity index (χ4v) is 4.53. The molecule has 122 valence electrons. The lowest BCUT2D eigenvalue weighted by Crippen LogP contribution is -2.51. The Morgan fingerprint density at radius 1 is 1.26 bits per heavy atom.